The first-order valence-corrected chi connectivity index (χ1v) is 5.02. The number of rotatable bonds is 2. The number of ether oxygens (including phenoxy) is 1. The normalized spacial score (nSPS) is 34.2. The van der Waals surface area contributed by atoms with Crippen LogP contribution in [0.5, 0.6) is 0 Å². The summed E-state index contributed by atoms with van der Waals surface area (Å²) in [6.45, 7) is 4.72. The van der Waals surface area contributed by atoms with Crippen LogP contribution >= 0.6 is 11.8 Å². The highest BCUT2D eigenvalue weighted by Crippen LogP contribution is 2.14. The molecule has 2 saturated heterocycles. The van der Waals surface area contributed by atoms with Crippen molar-refractivity contribution >= 4 is 11.8 Å². The van der Waals surface area contributed by atoms with Gasteiger partial charge in [-0.05, 0) is 0 Å². The van der Waals surface area contributed by atoms with E-state index in [1.165, 1.54) is 31.1 Å². The van der Waals surface area contributed by atoms with E-state index in [1.54, 1.807) is 0 Å². The average molecular weight is 159 g/mol. The maximum absolute atomic E-state index is 5.16. The van der Waals surface area contributed by atoms with E-state index in [1.807, 2.05) is 0 Å². The van der Waals surface area contributed by atoms with Crippen LogP contribution in [0.3, 0.4) is 0 Å². The van der Waals surface area contributed by atoms with Crippen LogP contribution < -0.4 is 0 Å². The molecule has 10 heavy (non-hydrogen) atoms. The first-order chi connectivity index (χ1) is 4.95. The lowest BCUT2D eigenvalue weighted by Crippen LogP contribution is -2.35. The predicted octanol–water partition coefficient (Wildman–Crippen LogP) is 0.434. The van der Waals surface area contributed by atoms with Crippen LogP contribution in [0.25, 0.3) is 0 Å². The SMILES string of the molecule is C1CN(CC2CO2)CCS1. The number of nitrogens with zero attached hydrogens (tertiary/aromatic N) is 1. The van der Waals surface area contributed by atoms with E-state index in [9.17, 15) is 0 Å². The van der Waals surface area contributed by atoms with E-state index < -0.39 is 0 Å². The van der Waals surface area contributed by atoms with Crippen molar-refractivity contribution in [3.8, 4) is 0 Å². The van der Waals surface area contributed by atoms with Gasteiger partial charge in [0.05, 0.1) is 12.7 Å². The van der Waals surface area contributed by atoms with Crippen molar-refractivity contribution in [2.45, 2.75) is 6.10 Å². The average Bonchev–Trinajstić information content (AvgIpc) is 2.74. The summed E-state index contributed by atoms with van der Waals surface area (Å²) in [6, 6.07) is 0. The zero-order chi connectivity index (χ0) is 6.81. The van der Waals surface area contributed by atoms with Gasteiger partial charge in [0.1, 0.15) is 0 Å². The van der Waals surface area contributed by atoms with Gasteiger partial charge in [-0.15, -0.1) is 0 Å². The molecule has 2 fully saturated rings. The molecule has 0 saturated carbocycles. The molecule has 0 aromatic heterocycles. The van der Waals surface area contributed by atoms with Crippen LogP contribution in [0.2, 0.25) is 0 Å². The number of hydrogen-bond donors (Lipinski definition) is 0. The molecule has 2 nitrogen and oxygen atoms in total. The Morgan fingerprint density at radius 2 is 2.10 bits per heavy atom. The van der Waals surface area contributed by atoms with Gasteiger partial charge in [-0.2, -0.15) is 11.8 Å². The molecule has 0 N–H and O–H groups in total. The van der Waals surface area contributed by atoms with E-state index in [-0.39, 0.29) is 0 Å². The molecule has 3 heteroatoms. The highest BCUT2D eigenvalue weighted by molar-refractivity contribution is 7.99. The zero-order valence-corrected chi connectivity index (χ0v) is 6.90. The van der Waals surface area contributed by atoms with Crippen LogP contribution in [0, 0.1) is 0 Å². The van der Waals surface area contributed by atoms with Crippen molar-refractivity contribution in [1.82, 2.24) is 4.90 Å². The topological polar surface area (TPSA) is 15.8 Å². The van der Waals surface area contributed by atoms with Crippen molar-refractivity contribution in [2.75, 3.05) is 37.7 Å². The lowest BCUT2D eigenvalue weighted by Gasteiger charge is -2.24. The Balaban J connectivity index is 1.69. The van der Waals surface area contributed by atoms with Gasteiger partial charge in [-0.1, -0.05) is 0 Å². The lowest BCUT2D eigenvalue weighted by atomic mass is 10.4. The van der Waals surface area contributed by atoms with Crippen molar-refractivity contribution in [3.63, 3.8) is 0 Å². The van der Waals surface area contributed by atoms with Crippen LogP contribution in [0.4, 0.5) is 0 Å². The van der Waals surface area contributed by atoms with Crippen molar-refractivity contribution in [2.24, 2.45) is 0 Å². The van der Waals surface area contributed by atoms with Gasteiger partial charge in [-0.25, -0.2) is 0 Å². The quantitative estimate of drug-likeness (QED) is 0.544. The molecule has 0 aliphatic carbocycles. The minimum atomic E-state index is 0.586. The first kappa shape index (κ1) is 6.95. The van der Waals surface area contributed by atoms with Gasteiger partial charge in [0.2, 0.25) is 0 Å². The Labute approximate surface area is 65.9 Å². The van der Waals surface area contributed by atoms with Gasteiger partial charge < -0.3 is 4.74 Å². The standard InChI is InChI=1S/C7H13NOS/c1-3-10-4-2-8(1)5-7-6-9-7/h7H,1-6H2. The Morgan fingerprint density at radius 3 is 2.70 bits per heavy atom. The minimum absolute atomic E-state index is 0.586. The van der Waals surface area contributed by atoms with Gasteiger partial charge >= 0.3 is 0 Å². The highest BCUT2D eigenvalue weighted by atomic mass is 32.2. The Bertz CT molecular complexity index is 110. The van der Waals surface area contributed by atoms with Crippen molar-refractivity contribution in [3.05, 3.63) is 0 Å². The van der Waals surface area contributed by atoms with Crippen LogP contribution in [-0.2, 0) is 4.74 Å². The summed E-state index contributed by atoms with van der Waals surface area (Å²) in [5.41, 5.74) is 0. The van der Waals surface area contributed by atoms with Crippen molar-refractivity contribution < 1.29 is 4.74 Å². The smallest absolute Gasteiger partial charge is 0.0936 e. The van der Waals surface area contributed by atoms with E-state index in [0.717, 1.165) is 6.61 Å². The van der Waals surface area contributed by atoms with Crippen LogP contribution in [0.15, 0.2) is 0 Å². The lowest BCUT2D eigenvalue weighted by molar-refractivity contribution is 0.262. The third-order valence-corrected chi connectivity index (χ3v) is 2.91. The zero-order valence-electron chi connectivity index (χ0n) is 6.08. The fourth-order valence-corrected chi connectivity index (χ4v) is 2.22. The molecular weight excluding hydrogens is 146 g/mol. The third kappa shape index (κ3) is 1.87. The van der Waals surface area contributed by atoms with Gasteiger partial charge in [0, 0.05) is 31.1 Å². The predicted molar refractivity (Wildman–Crippen MR) is 43.5 cm³/mol. The van der Waals surface area contributed by atoms with E-state index in [2.05, 4.69) is 16.7 Å². The summed E-state index contributed by atoms with van der Waals surface area (Å²) in [4.78, 5) is 2.51. The summed E-state index contributed by atoms with van der Waals surface area (Å²) in [5, 5.41) is 0. The van der Waals surface area contributed by atoms with Gasteiger partial charge in [-0.3, -0.25) is 4.90 Å². The van der Waals surface area contributed by atoms with E-state index >= 15 is 0 Å². The van der Waals surface area contributed by atoms with E-state index in [4.69, 9.17) is 4.74 Å². The molecule has 2 heterocycles. The fourth-order valence-electron chi connectivity index (χ4n) is 1.25. The molecule has 2 aliphatic heterocycles. The molecule has 0 amide bonds. The Hall–Kier alpha value is 0.270. The molecule has 0 spiro atoms. The maximum Gasteiger partial charge on any atom is 0.0936 e. The summed E-state index contributed by atoms with van der Waals surface area (Å²) >= 11 is 2.06. The molecule has 58 valence electrons. The second-order valence-corrected chi connectivity index (χ2v) is 4.09. The summed E-state index contributed by atoms with van der Waals surface area (Å²) in [6.07, 6.45) is 0.586. The van der Waals surface area contributed by atoms with E-state index in [0.29, 0.717) is 6.10 Å². The van der Waals surface area contributed by atoms with Crippen LogP contribution in [-0.4, -0.2) is 48.8 Å². The second-order valence-electron chi connectivity index (χ2n) is 2.87. The molecule has 1 atom stereocenters. The first-order valence-electron chi connectivity index (χ1n) is 3.87. The Kier molecular flexibility index (Phi) is 2.16. The minimum Gasteiger partial charge on any atom is -0.372 e. The Morgan fingerprint density at radius 1 is 1.40 bits per heavy atom. The monoisotopic (exact) mass is 159 g/mol. The van der Waals surface area contributed by atoms with Gasteiger partial charge in [0.25, 0.3) is 0 Å². The molecule has 2 rings (SSSR count). The number of thioether (sulfide) groups is 1. The molecular formula is C7H13NOS. The number of epoxide rings is 1. The second kappa shape index (κ2) is 3.11. The largest absolute Gasteiger partial charge is 0.372 e. The molecule has 0 bridgehead atoms. The van der Waals surface area contributed by atoms with Gasteiger partial charge in [0.15, 0.2) is 0 Å². The number of hydrogen-bond acceptors (Lipinski definition) is 3. The molecule has 0 aromatic rings. The summed E-state index contributed by atoms with van der Waals surface area (Å²) in [7, 11) is 0. The summed E-state index contributed by atoms with van der Waals surface area (Å²) < 4.78 is 5.16. The van der Waals surface area contributed by atoms with Crippen LogP contribution in [0.1, 0.15) is 0 Å². The summed E-state index contributed by atoms with van der Waals surface area (Å²) in [5.74, 6) is 2.62. The third-order valence-electron chi connectivity index (χ3n) is 1.97. The highest BCUT2D eigenvalue weighted by Gasteiger charge is 2.25. The fraction of sp³-hybridized carbons (Fsp3) is 1.00. The molecule has 1 unspecified atom stereocenters. The van der Waals surface area contributed by atoms with Crippen molar-refractivity contribution in [1.29, 1.82) is 0 Å². The molecule has 0 radical (unpaired) electrons. The molecule has 0 aromatic carbocycles. The molecule has 2 aliphatic rings. The maximum atomic E-state index is 5.16.